The van der Waals surface area contributed by atoms with Gasteiger partial charge in [-0.05, 0) is 25.7 Å². The number of hydrogen-bond acceptors (Lipinski definition) is 3. The monoisotopic (exact) mass is 286 g/mol. The maximum absolute atomic E-state index is 12.3. The molecule has 3 N–H and O–H groups in total. The molecule has 0 bridgehead atoms. The van der Waals surface area contributed by atoms with Crippen molar-refractivity contribution in [2.75, 3.05) is 19.8 Å². The molecule has 0 heterocycles. The van der Waals surface area contributed by atoms with Crippen molar-refractivity contribution < 1.29 is 9.53 Å². The molecule has 0 spiro atoms. The van der Waals surface area contributed by atoms with Crippen molar-refractivity contribution in [2.45, 2.75) is 51.9 Å². The zero-order chi connectivity index (χ0) is 14.1. The Bertz CT molecular complexity index is 302. The van der Waals surface area contributed by atoms with Gasteiger partial charge in [-0.15, -0.1) is 0 Å². The number of rotatable bonds is 8. The zero-order valence-corrected chi connectivity index (χ0v) is 12.7. The number of thiocarbonyl (C=S) groups is 1. The maximum atomic E-state index is 12.3. The second kappa shape index (κ2) is 8.48. The Morgan fingerprint density at radius 3 is 2.58 bits per heavy atom. The van der Waals surface area contributed by atoms with Crippen LogP contribution in [0.3, 0.4) is 0 Å². The summed E-state index contributed by atoms with van der Waals surface area (Å²) >= 11 is 5.13. The van der Waals surface area contributed by atoms with Crippen LogP contribution in [0.2, 0.25) is 0 Å². The third-order valence-corrected chi connectivity index (χ3v) is 4.10. The first-order valence-electron chi connectivity index (χ1n) is 7.29. The van der Waals surface area contributed by atoms with Crippen molar-refractivity contribution in [1.29, 1.82) is 0 Å². The third-order valence-electron chi connectivity index (χ3n) is 3.71. The summed E-state index contributed by atoms with van der Waals surface area (Å²) in [7, 11) is 0. The molecule has 0 aliphatic heterocycles. The highest BCUT2D eigenvalue weighted by molar-refractivity contribution is 7.80. The lowest BCUT2D eigenvalue weighted by atomic mass is 9.73. The van der Waals surface area contributed by atoms with E-state index in [0.29, 0.717) is 18.1 Å². The van der Waals surface area contributed by atoms with E-state index in [-0.39, 0.29) is 5.91 Å². The van der Waals surface area contributed by atoms with Gasteiger partial charge in [0.15, 0.2) is 0 Å². The summed E-state index contributed by atoms with van der Waals surface area (Å²) in [5.41, 5.74) is 5.22. The summed E-state index contributed by atoms with van der Waals surface area (Å²) in [5.74, 6) is 0.00944. The van der Waals surface area contributed by atoms with E-state index >= 15 is 0 Å². The molecule has 0 unspecified atom stereocenters. The highest BCUT2D eigenvalue weighted by atomic mass is 32.1. The van der Waals surface area contributed by atoms with Crippen LogP contribution < -0.4 is 11.1 Å². The van der Waals surface area contributed by atoms with Crippen LogP contribution in [-0.2, 0) is 9.53 Å². The molecule has 5 heteroatoms. The van der Waals surface area contributed by atoms with Crippen LogP contribution in [0.5, 0.6) is 0 Å². The van der Waals surface area contributed by atoms with E-state index in [4.69, 9.17) is 22.7 Å². The molecule has 1 saturated carbocycles. The number of ether oxygens (including phenoxy) is 1. The van der Waals surface area contributed by atoms with Crippen LogP contribution in [0, 0.1) is 5.41 Å². The Kier molecular flexibility index (Phi) is 7.31. The fraction of sp³-hybridized carbons (Fsp3) is 0.857. The molecule has 4 nitrogen and oxygen atoms in total. The van der Waals surface area contributed by atoms with Gasteiger partial charge in [0.1, 0.15) is 0 Å². The molecule has 0 saturated heterocycles. The quantitative estimate of drug-likeness (QED) is 0.530. The summed E-state index contributed by atoms with van der Waals surface area (Å²) in [5, 5.41) is 2.97. The van der Waals surface area contributed by atoms with Crippen LogP contribution in [0.25, 0.3) is 0 Å². The number of hydrogen-bond donors (Lipinski definition) is 2. The van der Waals surface area contributed by atoms with Crippen molar-refractivity contribution in [2.24, 2.45) is 11.1 Å². The Balaban J connectivity index is 2.35. The summed E-state index contributed by atoms with van der Waals surface area (Å²) < 4.78 is 5.38. The molecule has 0 aromatic carbocycles. The van der Waals surface area contributed by atoms with Crippen molar-refractivity contribution >= 4 is 23.1 Å². The summed E-state index contributed by atoms with van der Waals surface area (Å²) in [6.07, 6.45) is 6.67. The highest BCUT2D eigenvalue weighted by Gasteiger charge is 2.41. The predicted octanol–water partition coefficient (Wildman–Crippen LogP) is 2.16. The maximum Gasteiger partial charge on any atom is 0.233 e. The fourth-order valence-corrected chi connectivity index (χ4v) is 2.83. The summed E-state index contributed by atoms with van der Waals surface area (Å²) in [4.78, 5) is 12.7. The first kappa shape index (κ1) is 16.4. The molecule has 110 valence electrons. The number of nitrogens with one attached hydrogen (secondary N) is 1. The highest BCUT2D eigenvalue weighted by Crippen LogP contribution is 2.36. The molecule has 0 radical (unpaired) electrons. The largest absolute Gasteiger partial charge is 0.392 e. The lowest BCUT2D eigenvalue weighted by molar-refractivity contribution is -0.128. The van der Waals surface area contributed by atoms with E-state index in [1.165, 1.54) is 6.42 Å². The fourth-order valence-electron chi connectivity index (χ4n) is 2.53. The Morgan fingerprint density at radius 2 is 2.00 bits per heavy atom. The van der Waals surface area contributed by atoms with Gasteiger partial charge in [-0.25, -0.2) is 0 Å². The van der Waals surface area contributed by atoms with Gasteiger partial charge < -0.3 is 15.8 Å². The van der Waals surface area contributed by atoms with Crippen molar-refractivity contribution in [3.63, 3.8) is 0 Å². The standard InChI is InChI=1S/C14H26N2O2S/c1-2-10-18-11-6-9-16-13(17)14(12(15)19)7-4-3-5-8-14/h2-11H2,1H3,(H2,15,19)(H,16,17). The molecule has 1 rings (SSSR count). The van der Waals surface area contributed by atoms with Crippen LogP contribution in [0.15, 0.2) is 0 Å². The van der Waals surface area contributed by atoms with Crippen LogP contribution in [-0.4, -0.2) is 30.7 Å². The second-order valence-electron chi connectivity index (χ2n) is 5.23. The molecule has 1 aliphatic carbocycles. The molecule has 0 aromatic rings. The minimum Gasteiger partial charge on any atom is -0.392 e. The van der Waals surface area contributed by atoms with Gasteiger partial charge in [0.05, 0.1) is 10.4 Å². The molecule has 19 heavy (non-hydrogen) atoms. The molecule has 1 fully saturated rings. The molecule has 1 amide bonds. The minimum absolute atomic E-state index is 0.00944. The van der Waals surface area contributed by atoms with Gasteiger partial charge in [-0.3, -0.25) is 4.79 Å². The lowest BCUT2D eigenvalue weighted by Gasteiger charge is -2.34. The summed E-state index contributed by atoms with van der Waals surface area (Å²) in [6, 6.07) is 0. The van der Waals surface area contributed by atoms with E-state index < -0.39 is 5.41 Å². The minimum atomic E-state index is -0.599. The van der Waals surface area contributed by atoms with Gasteiger partial charge in [-0.1, -0.05) is 38.4 Å². The average Bonchev–Trinajstić information content (AvgIpc) is 2.43. The van der Waals surface area contributed by atoms with Gasteiger partial charge >= 0.3 is 0 Å². The van der Waals surface area contributed by atoms with Crippen LogP contribution >= 0.6 is 12.2 Å². The Hall–Kier alpha value is -0.680. The first-order valence-corrected chi connectivity index (χ1v) is 7.70. The van der Waals surface area contributed by atoms with E-state index in [0.717, 1.165) is 45.1 Å². The third kappa shape index (κ3) is 4.73. The lowest BCUT2D eigenvalue weighted by Crippen LogP contribution is -2.50. The number of carbonyl (C=O) groups excluding carboxylic acids is 1. The van der Waals surface area contributed by atoms with Gasteiger partial charge in [0.2, 0.25) is 5.91 Å². The zero-order valence-electron chi connectivity index (χ0n) is 11.9. The molecule has 1 aliphatic rings. The SMILES string of the molecule is CCCOCCCNC(=O)C1(C(N)=S)CCCCC1. The van der Waals surface area contributed by atoms with E-state index in [1.54, 1.807) is 0 Å². The van der Waals surface area contributed by atoms with E-state index in [1.807, 2.05) is 0 Å². The van der Waals surface area contributed by atoms with Crippen molar-refractivity contribution in [3.05, 3.63) is 0 Å². The number of carbonyl (C=O) groups is 1. The molecular weight excluding hydrogens is 260 g/mol. The summed E-state index contributed by atoms with van der Waals surface area (Å²) in [6.45, 7) is 4.18. The van der Waals surface area contributed by atoms with Crippen LogP contribution in [0.1, 0.15) is 51.9 Å². The average molecular weight is 286 g/mol. The van der Waals surface area contributed by atoms with Gasteiger partial charge in [0, 0.05) is 19.8 Å². The topological polar surface area (TPSA) is 64.3 Å². The first-order chi connectivity index (χ1) is 9.13. The Morgan fingerprint density at radius 1 is 1.32 bits per heavy atom. The number of amides is 1. The number of nitrogens with two attached hydrogens (primary N) is 1. The predicted molar refractivity (Wildman–Crippen MR) is 81.0 cm³/mol. The van der Waals surface area contributed by atoms with Crippen LogP contribution in [0.4, 0.5) is 0 Å². The molecular formula is C14H26N2O2S. The smallest absolute Gasteiger partial charge is 0.233 e. The van der Waals surface area contributed by atoms with Gasteiger partial charge in [0.25, 0.3) is 0 Å². The van der Waals surface area contributed by atoms with Crippen molar-refractivity contribution in [1.82, 2.24) is 5.32 Å². The van der Waals surface area contributed by atoms with Crippen molar-refractivity contribution in [3.8, 4) is 0 Å². The van der Waals surface area contributed by atoms with E-state index in [9.17, 15) is 4.79 Å². The molecule has 0 aromatic heterocycles. The Labute approximate surface area is 121 Å². The molecule has 0 atom stereocenters. The second-order valence-corrected chi connectivity index (χ2v) is 5.67. The normalized spacial score (nSPS) is 17.9. The van der Waals surface area contributed by atoms with Gasteiger partial charge in [-0.2, -0.15) is 0 Å². The van der Waals surface area contributed by atoms with E-state index in [2.05, 4.69) is 12.2 Å².